The first kappa shape index (κ1) is 12.1. The molecule has 90 valence electrons. The predicted octanol–water partition coefficient (Wildman–Crippen LogP) is 2.74. The second-order valence-corrected chi connectivity index (χ2v) is 4.41. The Balaban J connectivity index is 1.89. The lowest BCUT2D eigenvalue weighted by Gasteiger charge is -2.06. The van der Waals surface area contributed by atoms with Gasteiger partial charge in [0.25, 0.3) is 0 Å². The van der Waals surface area contributed by atoms with Crippen molar-refractivity contribution >= 4 is 15.9 Å². The van der Waals surface area contributed by atoms with Gasteiger partial charge >= 0.3 is 0 Å². The molecule has 0 unspecified atom stereocenters. The van der Waals surface area contributed by atoms with Crippen LogP contribution in [0.15, 0.2) is 39.5 Å². The van der Waals surface area contributed by atoms with Gasteiger partial charge < -0.3 is 14.6 Å². The Morgan fingerprint density at radius 1 is 1.35 bits per heavy atom. The number of benzene rings is 1. The van der Waals surface area contributed by atoms with Crippen LogP contribution in [0.4, 0.5) is 0 Å². The summed E-state index contributed by atoms with van der Waals surface area (Å²) in [7, 11) is 1.65. The van der Waals surface area contributed by atoms with Crippen LogP contribution in [0.3, 0.4) is 0 Å². The molecular formula is C12H13BrN2O2. The SMILES string of the molecule is COc1ccc(CNCc2ccno2)cc1Br. The molecule has 5 heteroatoms. The summed E-state index contributed by atoms with van der Waals surface area (Å²) >= 11 is 3.46. The maximum absolute atomic E-state index is 5.17. The maximum atomic E-state index is 5.17. The molecule has 1 heterocycles. The van der Waals surface area contributed by atoms with Crippen LogP contribution >= 0.6 is 15.9 Å². The van der Waals surface area contributed by atoms with Crippen LogP contribution < -0.4 is 10.1 Å². The number of nitrogens with zero attached hydrogens (tertiary/aromatic N) is 1. The number of methoxy groups -OCH3 is 1. The van der Waals surface area contributed by atoms with E-state index in [0.717, 1.165) is 22.5 Å². The van der Waals surface area contributed by atoms with Crippen molar-refractivity contribution in [1.29, 1.82) is 0 Å². The monoisotopic (exact) mass is 296 g/mol. The van der Waals surface area contributed by atoms with Gasteiger partial charge in [-0.1, -0.05) is 11.2 Å². The Morgan fingerprint density at radius 3 is 2.88 bits per heavy atom. The molecule has 0 spiro atoms. The quantitative estimate of drug-likeness (QED) is 0.922. The first-order valence-corrected chi connectivity index (χ1v) is 6.01. The van der Waals surface area contributed by atoms with Crippen molar-refractivity contribution in [3.63, 3.8) is 0 Å². The lowest BCUT2D eigenvalue weighted by molar-refractivity contribution is 0.372. The zero-order chi connectivity index (χ0) is 12.1. The molecule has 0 amide bonds. The minimum absolute atomic E-state index is 0.670. The van der Waals surface area contributed by atoms with E-state index in [2.05, 4.69) is 26.4 Å². The summed E-state index contributed by atoms with van der Waals surface area (Å²) in [5.74, 6) is 1.67. The number of halogens is 1. The van der Waals surface area contributed by atoms with Crippen LogP contribution in [0, 0.1) is 0 Å². The van der Waals surface area contributed by atoms with Gasteiger partial charge in [-0.3, -0.25) is 0 Å². The fourth-order valence-corrected chi connectivity index (χ4v) is 2.07. The van der Waals surface area contributed by atoms with Gasteiger partial charge in [0.2, 0.25) is 0 Å². The summed E-state index contributed by atoms with van der Waals surface area (Å²) in [5.41, 5.74) is 1.18. The third-order valence-electron chi connectivity index (χ3n) is 2.34. The third kappa shape index (κ3) is 3.31. The fourth-order valence-electron chi connectivity index (χ4n) is 1.48. The van der Waals surface area contributed by atoms with Gasteiger partial charge in [-0.2, -0.15) is 0 Å². The average molecular weight is 297 g/mol. The summed E-state index contributed by atoms with van der Waals surface area (Å²) in [6, 6.07) is 7.84. The number of hydrogen-bond acceptors (Lipinski definition) is 4. The zero-order valence-corrected chi connectivity index (χ0v) is 11.0. The second-order valence-electron chi connectivity index (χ2n) is 3.55. The van der Waals surface area contributed by atoms with Gasteiger partial charge in [0, 0.05) is 12.6 Å². The summed E-state index contributed by atoms with van der Waals surface area (Å²) in [4.78, 5) is 0. The van der Waals surface area contributed by atoms with Crippen molar-refractivity contribution in [3.05, 3.63) is 46.3 Å². The molecule has 2 rings (SSSR count). The Labute approximate surface area is 108 Å². The van der Waals surface area contributed by atoms with E-state index in [1.165, 1.54) is 5.56 Å². The molecule has 4 nitrogen and oxygen atoms in total. The minimum atomic E-state index is 0.670. The van der Waals surface area contributed by atoms with Crippen molar-refractivity contribution < 1.29 is 9.26 Å². The van der Waals surface area contributed by atoms with Crippen molar-refractivity contribution in [3.8, 4) is 5.75 Å². The number of nitrogens with one attached hydrogen (secondary N) is 1. The molecule has 0 radical (unpaired) electrons. The topological polar surface area (TPSA) is 47.3 Å². The second kappa shape index (κ2) is 5.84. The first-order chi connectivity index (χ1) is 8.29. The largest absolute Gasteiger partial charge is 0.496 e. The van der Waals surface area contributed by atoms with Crippen LogP contribution in [0.1, 0.15) is 11.3 Å². The number of rotatable bonds is 5. The van der Waals surface area contributed by atoms with Gasteiger partial charge in [0.05, 0.1) is 24.3 Å². The molecule has 1 N–H and O–H groups in total. The molecule has 0 aliphatic heterocycles. The summed E-state index contributed by atoms with van der Waals surface area (Å²) < 4.78 is 11.1. The van der Waals surface area contributed by atoms with E-state index in [1.807, 2.05) is 24.3 Å². The maximum Gasteiger partial charge on any atom is 0.150 e. The lowest BCUT2D eigenvalue weighted by Crippen LogP contribution is -2.12. The smallest absolute Gasteiger partial charge is 0.150 e. The molecule has 0 saturated carbocycles. The van der Waals surface area contributed by atoms with Crippen LogP contribution in [0.5, 0.6) is 5.75 Å². The van der Waals surface area contributed by atoms with Crippen LogP contribution in [-0.2, 0) is 13.1 Å². The first-order valence-electron chi connectivity index (χ1n) is 5.22. The highest BCUT2D eigenvalue weighted by atomic mass is 79.9. The van der Waals surface area contributed by atoms with Gasteiger partial charge in [0.1, 0.15) is 11.5 Å². The van der Waals surface area contributed by atoms with E-state index in [0.29, 0.717) is 6.54 Å². The highest BCUT2D eigenvalue weighted by molar-refractivity contribution is 9.10. The number of hydrogen-bond donors (Lipinski definition) is 1. The van der Waals surface area contributed by atoms with E-state index in [4.69, 9.17) is 9.26 Å². The zero-order valence-electron chi connectivity index (χ0n) is 9.44. The average Bonchev–Trinajstić information content (AvgIpc) is 2.82. The van der Waals surface area contributed by atoms with Crippen LogP contribution in [0.25, 0.3) is 0 Å². The minimum Gasteiger partial charge on any atom is -0.496 e. The molecule has 0 aliphatic rings. The molecule has 0 atom stereocenters. The van der Waals surface area contributed by atoms with Gasteiger partial charge in [-0.05, 0) is 33.6 Å². The molecule has 2 aromatic rings. The van der Waals surface area contributed by atoms with Gasteiger partial charge in [-0.25, -0.2) is 0 Å². The molecule has 0 saturated heterocycles. The molecule has 0 aliphatic carbocycles. The molecular weight excluding hydrogens is 284 g/mol. The van der Waals surface area contributed by atoms with Gasteiger partial charge in [0.15, 0.2) is 0 Å². The van der Waals surface area contributed by atoms with E-state index < -0.39 is 0 Å². The van der Waals surface area contributed by atoms with Crippen molar-refractivity contribution in [2.45, 2.75) is 13.1 Å². The predicted molar refractivity (Wildman–Crippen MR) is 67.7 cm³/mol. The third-order valence-corrected chi connectivity index (χ3v) is 2.96. The van der Waals surface area contributed by atoms with E-state index >= 15 is 0 Å². The number of ether oxygens (including phenoxy) is 1. The standard InChI is InChI=1S/C12H13BrN2O2/c1-16-12-3-2-9(6-11(12)13)7-14-8-10-4-5-15-17-10/h2-6,14H,7-8H2,1H3. The van der Waals surface area contributed by atoms with Crippen molar-refractivity contribution in [1.82, 2.24) is 10.5 Å². The number of aromatic nitrogens is 1. The highest BCUT2D eigenvalue weighted by Crippen LogP contribution is 2.25. The Bertz CT molecular complexity index is 471. The fraction of sp³-hybridized carbons (Fsp3) is 0.250. The van der Waals surface area contributed by atoms with E-state index in [1.54, 1.807) is 13.3 Å². The summed E-state index contributed by atoms with van der Waals surface area (Å²) in [6.45, 7) is 1.44. The summed E-state index contributed by atoms with van der Waals surface area (Å²) in [6.07, 6.45) is 1.64. The lowest BCUT2D eigenvalue weighted by atomic mass is 10.2. The molecule has 1 aromatic carbocycles. The van der Waals surface area contributed by atoms with Crippen LogP contribution in [-0.4, -0.2) is 12.3 Å². The molecule has 0 fully saturated rings. The Hall–Kier alpha value is -1.33. The normalized spacial score (nSPS) is 10.5. The van der Waals surface area contributed by atoms with E-state index in [-0.39, 0.29) is 0 Å². The van der Waals surface area contributed by atoms with E-state index in [9.17, 15) is 0 Å². The van der Waals surface area contributed by atoms with Crippen molar-refractivity contribution in [2.24, 2.45) is 0 Å². The van der Waals surface area contributed by atoms with Crippen molar-refractivity contribution in [2.75, 3.05) is 7.11 Å². The molecule has 0 bridgehead atoms. The van der Waals surface area contributed by atoms with Crippen LogP contribution in [0.2, 0.25) is 0 Å². The molecule has 1 aromatic heterocycles. The Morgan fingerprint density at radius 2 is 2.24 bits per heavy atom. The highest BCUT2D eigenvalue weighted by Gasteiger charge is 2.02. The summed E-state index contributed by atoms with van der Waals surface area (Å²) in [5, 5.41) is 6.92. The van der Waals surface area contributed by atoms with Gasteiger partial charge in [-0.15, -0.1) is 0 Å². The molecule has 17 heavy (non-hydrogen) atoms. The Kier molecular flexibility index (Phi) is 4.17.